The van der Waals surface area contributed by atoms with Crippen molar-refractivity contribution in [2.45, 2.75) is 12.6 Å². The molecule has 1 heterocycles. The number of aromatic hydroxyl groups is 2. The number of phenols is 1. The second-order valence-electron chi connectivity index (χ2n) is 3.73. The molecule has 0 aliphatic heterocycles. The van der Waals surface area contributed by atoms with E-state index >= 15 is 0 Å². The topological polar surface area (TPSA) is 66.5 Å². The van der Waals surface area contributed by atoms with E-state index in [2.05, 4.69) is 25.3 Å². The molecule has 0 radical (unpaired) electrons. The molecule has 0 amide bonds. The third kappa shape index (κ3) is 3.01. The smallest absolute Gasteiger partial charge is 0.469 e. The zero-order valence-electron chi connectivity index (χ0n) is 9.20. The van der Waals surface area contributed by atoms with Gasteiger partial charge in [0, 0.05) is 6.42 Å². The van der Waals surface area contributed by atoms with Crippen LogP contribution in [0, 0.1) is 0 Å². The van der Waals surface area contributed by atoms with Crippen molar-refractivity contribution in [2.75, 3.05) is 0 Å². The number of halogens is 4. The van der Waals surface area contributed by atoms with Crippen molar-refractivity contribution in [3.63, 3.8) is 0 Å². The Labute approximate surface area is 113 Å². The molecule has 102 valence electrons. The highest BCUT2D eigenvalue weighted by Gasteiger charge is 2.38. The Morgan fingerprint density at radius 3 is 2.47 bits per heavy atom. The molecule has 1 aromatic carbocycles. The van der Waals surface area contributed by atoms with Gasteiger partial charge in [-0.05, 0) is 33.6 Å². The summed E-state index contributed by atoms with van der Waals surface area (Å²) in [7, 11) is 0. The van der Waals surface area contributed by atoms with Gasteiger partial charge >= 0.3 is 18.0 Å². The van der Waals surface area contributed by atoms with Gasteiger partial charge in [-0.25, -0.2) is 4.98 Å². The summed E-state index contributed by atoms with van der Waals surface area (Å²) < 4.78 is 41.5. The van der Waals surface area contributed by atoms with Crippen molar-refractivity contribution in [1.29, 1.82) is 0 Å². The number of rotatable bonds is 2. The van der Waals surface area contributed by atoms with Gasteiger partial charge in [0.2, 0.25) is 0 Å². The Balaban J connectivity index is 2.28. The Bertz CT molecular complexity index is 610. The van der Waals surface area contributed by atoms with Gasteiger partial charge in [0.05, 0.1) is 4.47 Å². The first-order valence-electron chi connectivity index (χ1n) is 5.00. The minimum atomic E-state index is -4.74. The van der Waals surface area contributed by atoms with Crippen LogP contribution in [0.2, 0.25) is 0 Å². The van der Waals surface area contributed by atoms with Crippen molar-refractivity contribution in [3.05, 3.63) is 39.8 Å². The molecule has 2 aromatic rings. The van der Waals surface area contributed by atoms with Gasteiger partial charge in [-0.3, -0.25) is 0 Å². The molecule has 0 aliphatic carbocycles. The fraction of sp³-hybridized carbons (Fsp3) is 0.182. The molecule has 0 spiro atoms. The summed E-state index contributed by atoms with van der Waals surface area (Å²) in [5, 5.41) is 18.6. The predicted molar refractivity (Wildman–Crippen MR) is 61.8 cm³/mol. The first-order chi connectivity index (χ1) is 8.77. The van der Waals surface area contributed by atoms with Gasteiger partial charge in [-0.1, -0.05) is 6.07 Å². The van der Waals surface area contributed by atoms with Crippen molar-refractivity contribution >= 4 is 15.9 Å². The molecule has 2 N–H and O–H groups in total. The number of hydrogen-bond acceptors (Lipinski definition) is 4. The first kappa shape index (κ1) is 13.7. The Hall–Kier alpha value is -1.70. The number of alkyl halides is 3. The third-order valence-corrected chi connectivity index (χ3v) is 2.94. The zero-order valence-corrected chi connectivity index (χ0v) is 10.8. The SMILES string of the molecule is Oc1ccc(Cc2nc(C(F)(F)F)oc2O)cc1Br. The quantitative estimate of drug-likeness (QED) is 0.880. The molecule has 19 heavy (non-hydrogen) atoms. The van der Waals surface area contributed by atoms with Crippen molar-refractivity contribution in [1.82, 2.24) is 4.98 Å². The fourth-order valence-electron chi connectivity index (χ4n) is 1.43. The summed E-state index contributed by atoms with van der Waals surface area (Å²) in [5.74, 6) is -2.35. The lowest BCUT2D eigenvalue weighted by Gasteiger charge is -2.01. The molecular weight excluding hydrogens is 331 g/mol. The summed E-state index contributed by atoms with van der Waals surface area (Å²) in [6, 6.07) is 4.39. The lowest BCUT2D eigenvalue weighted by molar-refractivity contribution is -0.157. The molecule has 0 saturated heterocycles. The molecule has 0 fully saturated rings. The Morgan fingerprint density at radius 2 is 1.95 bits per heavy atom. The minimum absolute atomic E-state index is 0.00380. The average molecular weight is 338 g/mol. The maximum Gasteiger partial charge on any atom is 0.469 e. The van der Waals surface area contributed by atoms with Gasteiger partial charge in [-0.15, -0.1) is 0 Å². The number of oxazole rings is 1. The number of benzene rings is 1. The van der Waals surface area contributed by atoms with Crippen molar-refractivity contribution < 1.29 is 27.8 Å². The van der Waals surface area contributed by atoms with E-state index in [-0.39, 0.29) is 17.9 Å². The van der Waals surface area contributed by atoms with E-state index in [1.807, 2.05) is 0 Å². The van der Waals surface area contributed by atoms with Gasteiger partial charge in [-0.2, -0.15) is 13.2 Å². The van der Waals surface area contributed by atoms with Crippen LogP contribution in [-0.2, 0) is 12.6 Å². The highest BCUT2D eigenvalue weighted by atomic mass is 79.9. The minimum Gasteiger partial charge on any atom is -0.507 e. The highest BCUT2D eigenvalue weighted by Crippen LogP contribution is 2.33. The number of nitrogens with zero attached hydrogens (tertiary/aromatic N) is 1. The van der Waals surface area contributed by atoms with E-state index in [1.165, 1.54) is 18.2 Å². The maximum absolute atomic E-state index is 12.3. The number of hydrogen-bond donors (Lipinski definition) is 2. The van der Waals surface area contributed by atoms with Crippen LogP contribution < -0.4 is 0 Å². The molecule has 0 aliphatic rings. The predicted octanol–water partition coefficient (Wildman–Crippen LogP) is 3.46. The summed E-state index contributed by atoms with van der Waals surface area (Å²) >= 11 is 3.08. The van der Waals surface area contributed by atoms with E-state index in [9.17, 15) is 23.4 Å². The summed E-state index contributed by atoms with van der Waals surface area (Å²) in [4.78, 5) is 3.21. The van der Waals surface area contributed by atoms with Gasteiger partial charge in [0.15, 0.2) is 0 Å². The average Bonchev–Trinajstić information content (AvgIpc) is 2.65. The number of aromatic nitrogens is 1. The maximum atomic E-state index is 12.3. The van der Waals surface area contributed by atoms with Crippen LogP contribution in [0.25, 0.3) is 0 Å². The van der Waals surface area contributed by atoms with Crippen LogP contribution in [0.1, 0.15) is 17.1 Å². The second-order valence-corrected chi connectivity index (χ2v) is 4.59. The van der Waals surface area contributed by atoms with Gasteiger partial charge in [0.25, 0.3) is 0 Å². The summed E-state index contributed by atoms with van der Waals surface area (Å²) in [6.45, 7) is 0. The van der Waals surface area contributed by atoms with E-state index in [4.69, 9.17) is 0 Å². The van der Waals surface area contributed by atoms with Crippen LogP contribution in [0.5, 0.6) is 11.7 Å². The monoisotopic (exact) mass is 337 g/mol. The molecular formula is C11H7BrF3NO3. The van der Waals surface area contributed by atoms with Crippen molar-refractivity contribution in [2.24, 2.45) is 0 Å². The molecule has 0 bridgehead atoms. The standard InChI is InChI=1S/C11H7BrF3NO3/c12-6-3-5(1-2-8(6)17)4-7-9(18)19-10(16-7)11(13,14)15/h1-3,17-18H,4H2. The summed E-state index contributed by atoms with van der Waals surface area (Å²) in [6.07, 6.45) is -4.80. The lowest BCUT2D eigenvalue weighted by atomic mass is 10.1. The van der Waals surface area contributed by atoms with Crippen LogP contribution in [0.15, 0.2) is 27.1 Å². The molecule has 0 atom stereocenters. The van der Waals surface area contributed by atoms with E-state index in [0.29, 0.717) is 10.0 Å². The lowest BCUT2D eigenvalue weighted by Crippen LogP contribution is -2.05. The van der Waals surface area contributed by atoms with Crippen LogP contribution in [-0.4, -0.2) is 15.2 Å². The third-order valence-electron chi connectivity index (χ3n) is 2.30. The van der Waals surface area contributed by atoms with Gasteiger partial charge < -0.3 is 14.6 Å². The van der Waals surface area contributed by atoms with Crippen molar-refractivity contribution in [3.8, 4) is 11.7 Å². The highest BCUT2D eigenvalue weighted by molar-refractivity contribution is 9.10. The molecule has 2 rings (SSSR count). The molecule has 1 aromatic heterocycles. The largest absolute Gasteiger partial charge is 0.507 e. The first-order valence-corrected chi connectivity index (χ1v) is 5.80. The van der Waals surface area contributed by atoms with Crippen LogP contribution in [0.4, 0.5) is 13.2 Å². The molecule has 0 saturated carbocycles. The van der Waals surface area contributed by atoms with Gasteiger partial charge in [0.1, 0.15) is 11.4 Å². The van der Waals surface area contributed by atoms with E-state index < -0.39 is 18.0 Å². The van der Waals surface area contributed by atoms with E-state index in [0.717, 1.165) is 0 Å². The zero-order chi connectivity index (χ0) is 14.2. The van der Waals surface area contributed by atoms with E-state index in [1.54, 1.807) is 0 Å². The molecule has 4 nitrogen and oxygen atoms in total. The van der Waals surface area contributed by atoms with Crippen LogP contribution >= 0.6 is 15.9 Å². The Kier molecular flexibility index (Phi) is 3.44. The normalized spacial score (nSPS) is 11.8. The summed E-state index contributed by atoms with van der Waals surface area (Å²) in [5.41, 5.74) is 0.340. The fourth-order valence-corrected chi connectivity index (χ4v) is 1.86. The number of phenolic OH excluding ortho intramolecular Hbond substituents is 1. The van der Waals surface area contributed by atoms with Crippen LogP contribution in [0.3, 0.4) is 0 Å². The Morgan fingerprint density at radius 1 is 1.26 bits per heavy atom. The second kappa shape index (κ2) is 4.76. The molecule has 8 heteroatoms. The molecule has 0 unspecified atom stereocenters.